The lowest BCUT2D eigenvalue weighted by atomic mass is 10.1. The number of hydrogen-bond acceptors (Lipinski definition) is 4. The second-order valence-electron chi connectivity index (χ2n) is 6.66. The summed E-state index contributed by atoms with van der Waals surface area (Å²) < 4.78 is 0. The summed E-state index contributed by atoms with van der Waals surface area (Å²) in [5.41, 5.74) is 2.30. The molecule has 0 radical (unpaired) electrons. The predicted octanol–water partition coefficient (Wildman–Crippen LogP) is 4.03. The third-order valence-corrected chi connectivity index (χ3v) is 5.92. The van der Waals surface area contributed by atoms with Crippen LogP contribution in [-0.2, 0) is 13.1 Å². The topological polar surface area (TPSA) is 42.9 Å². The first-order valence-corrected chi connectivity index (χ1v) is 10.7. The second kappa shape index (κ2) is 11.8. The average Bonchev–Trinajstić information content (AvgIpc) is 3.19. The Morgan fingerprint density at radius 1 is 1.14 bits per heavy atom. The van der Waals surface area contributed by atoms with Crippen LogP contribution >= 0.6 is 46.9 Å². The first-order chi connectivity index (χ1) is 13.2. The second-order valence-corrected chi connectivity index (χ2v) is 8.10. The molecule has 8 heteroatoms. The van der Waals surface area contributed by atoms with Gasteiger partial charge in [0, 0.05) is 53.9 Å². The standard InChI is InChI=1S/C20H28ClN5S.HI/c1-3-22-20(23-14-16-6-5-13-27-16)24-15-17-18(21)7-4-8-19(17)26-11-9-25(2)10-12-26;/h4-8,13H,3,9-12,14-15H2,1-2H3,(H2,22,23,24);1H. The Morgan fingerprint density at radius 3 is 2.61 bits per heavy atom. The molecule has 0 atom stereocenters. The molecule has 3 rings (SSSR count). The number of nitrogens with one attached hydrogen (secondary N) is 2. The normalized spacial score (nSPS) is 15.2. The van der Waals surface area contributed by atoms with E-state index in [1.165, 1.54) is 10.6 Å². The number of guanidine groups is 1. The van der Waals surface area contributed by atoms with E-state index in [0.717, 1.165) is 55.8 Å². The molecule has 5 nitrogen and oxygen atoms in total. The van der Waals surface area contributed by atoms with Gasteiger partial charge in [-0.1, -0.05) is 23.7 Å². The van der Waals surface area contributed by atoms with E-state index >= 15 is 0 Å². The third-order valence-electron chi connectivity index (χ3n) is 4.69. The van der Waals surface area contributed by atoms with Gasteiger partial charge in [-0.15, -0.1) is 35.3 Å². The molecule has 0 saturated carbocycles. The Morgan fingerprint density at radius 2 is 1.93 bits per heavy atom. The van der Waals surface area contributed by atoms with E-state index in [1.807, 2.05) is 12.1 Å². The quantitative estimate of drug-likeness (QED) is 0.334. The third kappa shape index (κ3) is 6.50. The fourth-order valence-electron chi connectivity index (χ4n) is 3.13. The zero-order valence-corrected chi connectivity index (χ0v) is 20.4. The molecule has 2 heterocycles. The van der Waals surface area contributed by atoms with Crippen molar-refractivity contribution in [2.45, 2.75) is 20.0 Å². The number of piperazine rings is 1. The van der Waals surface area contributed by atoms with Crippen LogP contribution in [0.1, 0.15) is 17.4 Å². The summed E-state index contributed by atoms with van der Waals surface area (Å²) in [5, 5.41) is 9.60. The smallest absolute Gasteiger partial charge is 0.191 e. The van der Waals surface area contributed by atoms with E-state index < -0.39 is 0 Å². The Bertz CT molecular complexity index is 745. The number of likely N-dealkylation sites (N-methyl/N-ethyl adjacent to an activating group) is 1. The molecule has 0 aliphatic carbocycles. The molecular formula is C20H29ClIN5S. The molecule has 2 aromatic rings. The SMILES string of the molecule is CCNC(=NCc1c(Cl)cccc1N1CCN(C)CC1)NCc1cccs1.I. The maximum absolute atomic E-state index is 6.55. The molecule has 28 heavy (non-hydrogen) atoms. The Labute approximate surface area is 194 Å². The van der Waals surface area contributed by atoms with Gasteiger partial charge in [0.15, 0.2) is 5.96 Å². The number of nitrogens with zero attached hydrogens (tertiary/aromatic N) is 3. The molecule has 1 aromatic heterocycles. The first kappa shape index (κ1) is 23.3. The van der Waals surface area contributed by atoms with E-state index in [4.69, 9.17) is 16.6 Å². The highest BCUT2D eigenvalue weighted by molar-refractivity contribution is 14.0. The summed E-state index contributed by atoms with van der Waals surface area (Å²) >= 11 is 8.29. The van der Waals surface area contributed by atoms with E-state index in [-0.39, 0.29) is 24.0 Å². The highest BCUT2D eigenvalue weighted by Gasteiger charge is 2.18. The number of hydrogen-bond donors (Lipinski definition) is 2. The summed E-state index contributed by atoms with van der Waals surface area (Å²) in [4.78, 5) is 10.9. The van der Waals surface area contributed by atoms with Crippen LogP contribution in [0, 0.1) is 0 Å². The van der Waals surface area contributed by atoms with E-state index in [1.54, 1.807) is 11.3 Å². The average molecular weight is 534 g/mol. The lowest BCUT2D eigenvalue weighted by Crippen LogP contribution is -2.44. The van der Waals surface area contributed by atoms with Gasteiger partial charge in [-0.2, -0.15) is 0 Å². The van der Waals surface area contributed by atoms with Crippen LogP contribution in [0.2, 0.25) is 5.02 Å². The van der Waals surface area contributed by atoms with Crippen LogP contribution < -0.4 is 15.5 Å². The van der Waals surface area contributed by atoms with Crippen molar-refractivity contribution >= 4 is 58.6 Å². The van der Waals surface area contributed by atoms with Crippen molar-refractivity contribution in [3.63, 3.8) is 0 Å². The number of benzene rings is 1. The van der Waals surface area contributed by atoms with Gasteiger partial charge >= 0.3 is 0 Å². The molecule has 1 saturated heterocycles. The maximum atomic E-state index is 6.55. The predicted molar refractivity (Wildman–Crippen MR) is 133 cm³/mol. The molecule has 2 N–H and O–H groups in total. The first-order valence-electron chi connectivity index (χ1n) is 9.43. The number of halogens is 2. The van der Waals surface area contributed by atoms with E-state index in [9.17, 15) is 0 Å². The van der Waals surface area contributed by atoms with Crippen LogP contribution in [0.25, 0.3) is 0 Å². The van der Waals surface area contributed by atoms with Gasteiger partial charge in [0.2, 0.25) is 0 Å². The summed E-state index contributed by atoms with van der Waals surface area (Å²) in [5.74, 6) is 0.815. The molecule has 1 aliphatic heterocycles. The summed E-state index contributed by atoms with van der Waals surface area (Å²) in [7, 11) is 2.17. The molecule has 154 valence electrons. The molecule has 1 aromatic carbocycles. The molecule has 1 aliphatic rings. The Hall–Kier alpha value is -1.03. The van der Waals surface area contributed by atoms with Gasteiger partial charge in [0.05, 0.1) is 13.1 Å². The van der Waals surface area contributed by atoms with Crippen LogP contribution in [0.4, 0.5) is 5.69 Å². The minimum absolute atomic E-state index is 0. The van der Waals surface area contributed by atoms with E-state index in [2.05, 4.69) is 58.0 Å². The summed E-state index contributed by atoms with van der Waals surface area (Å²) in [6.45, 7) is 8.41. The Kier molecular flexibility index (Phi) is 9.84. The van der Waals surface area contributed by atoms with Crippen molar-refractivity contribution < 1.29 is 0 Å². The molecule has 0 unspecified atom stereocenters. The van der Waals surface area contributed by atoms with Crippen molar-refractivity contribution in [1.29, 1.82) is 0 Å². The van der Waals surface area contributed by atoms with Gasteiger partial charge < -0.3 is 20.4 Å². The molecule has 1 fully saturated rings. The molecule has 0 bridgehead atoms. The molecular weight excluding hydrogens is 505 g/mol. The summed E-state index contributed by atoms with van der Waals surface area (Å²) in [6.07, 6.45) is 0. The fourth-order valence-corrected chi connectivity index (χ4v) is 4.01. The van der Waals surface area contributed by atoms with Crippen LogP contribution in [0.3, 0.4) is 0 Å². The van der Waals surface area contributed by atoms with Gasteiger partial charge in [-0.25, -0.2) is 4.99 Å². The number of anilines is 1. The lowest BCUT2D eigenvalue weighted by Gasteiger charge is -2.35. The van der Waals surface area contributed by atoms with Crippen molar-refractivity contribution in [2.24, 2.45) is 4.99 Å². The zero-order valence-electron chi connectivity index (χ0n) is 16.4. The van der Waals surface area contributed by atoms with Crippen molar-refractivity contribution in [1.82, 2.24) is 15.5 Å². The van der Waals surface area contributed by atoms with Crippen molar-refractivity contribution in [3.8, 4) is 0 Å². The number of thiophene rings is 1. The van der Waals surface area contributed by atoms with Gasteiger partial charge in [-0.3, -0.25) is 0 Å². The van der Waals surface area contributed by atoms with Gasteiger partial charge in [-0.05, 0) is 37.6 Å². The van der Waals surface area contributed by atoms with Crippen LogP contribution in [-0.4, -0.2) is 50.6 Å². The monoisotopic (exact) mass is 533 g/mol. The van der Waals surface area contributed by atoms with Crippen LogP contribution in [0.5, 0.6) is 0 Å². The van der Waals surface area contributed by atoms with E-state index in [0.29, 0.717) is 6.54 Å². The van der Waals surface area contributed by atoms with Crippen molar-refractivity contribution in [3.05, 3.63) is 51.2 Å². The summed E-state index contributed by atoms with van der Waals surface area (Å²) in [6, 6.07) is 10.3. The van der Waals surface area contributed by atoms with Crippen LogP contribution in [0.15, 0.2) is 40.7 Å². The van der Waals surface area contributed by atoms with Crippen molar-refractivity contribution in [2.75, 3.05) is 44.7 Å². The number of aliphatic imine (C=N–C) groups is 1. The minimum Gasteiger partial charge on any atom is -0.369 e. The molecule has 0 spiro atoms. The minimum atomic E-state index is 0. The fraction of sp³-hybridized carbons (Fsp3) is 0.450. The van der Waals surface area contributed by atoms with Gasteiger partial charge in [0.25, 0.3) is 0 Å². The molecule has 0 amide bonds. The lowest BCUT2D eigenvalue weighted by molar-refractivity contribution is 0.312. The van der Waals surface area contributed by atoms with Gasteiger partial charge in [0.1, 0.15) is 0 Å². The highest BCUT2D eigenvalue weighted by Crippen LogP contribution is 2.29. The zero-order chi connectivity index (χ0) is 19.1. The Balaban J connectivity index is 0.00000280. The highest BCUT2D eigenvalue weighted by atomic mass is 127. The maximum Gasteiger partial charge on any atom is 0.191 e. The number of rotatable bonds is 6. The largest absolute Gasteiger partial charge is 0.369 e.